The summed E-state index contributed by atoms with van der Waals surface area (Å²) < 4.78 is 39.4. The minimum absolute atomic E-state index is 0.118. The van der Waals surface area contributed by atoms with E-state index in [1.54, 1.807) is 13.1 Å². The van der Waals surface area contributed by atoms with Crippen LogP contribution in [0.4, 0.5) is 18.9 Å². The summed E-state index contributed by atoms with van der Waals surface area (Å²) in [5.74, 6) is -2.96. The number of carbonyl (C=O) groups is 2. The maximum absolute atomic E-state index is 13.7. The van der Waals surface area contributed by atoms with Gasteiger partial charge in [0, 0.05) is 41.2 Å². The van der Waals surface area contributed by atoms with Crippen LogP contribution in [0.3, 0.4) is 0 Å². The van der Waals surface area contributed by atoms with E-state index in [2.05, 4.69) is 5.32 Å². The number of rotatable bonds is 4. The smallest absolute Gasteiger partial charge is 0.264 e. The summed E-state index contributed by atoms with van der Waals surface area (Å²) in [6, 6.07) is 5.64. The number of hydrogen-bond donors (Lipinski definition) is 1. The molecular weight excluding hydrogens is 365 g/mol. The van der Waals surface area contributed by atoms with E-state index in [1.165, 1.54) is 35.4 Å². The van der Waals surface area contributed by atoms with Crippen molar-refractivity contribution in [1.82, 2.24) is 4.90 Å². The van der Waals surface area contributed by atoms with Crippen LogP contribution in [0, 0.1) is 18.7 Å². The van der Waals surface area contributed by atoms with Crippen LogP contribution in [0.25, 0.3) is 0 Å². The molecule has 0 aliphatic carbocycles. The van der Waals surface area contributed by atoms with Crippen molar-refractivity contribution in [2.24, 2.45) is 5.92 Å². The average Bonchev–Trinajstić information content (AvgIpc) is 3.18. The molecule has 2 aromatic rings. The van der Waals surface area contributed by atoms with Crippen molar-refractivity contribution in [3.05, 3.63) is 51.5 Å². The lowest BCUT2D eigenvalue weighted by Gasteiger charge is -2.16. The second-order valence-electron chi connectivity index (χ2n) is 6.29. The SMILES string of the molecule is Cc1c(F)cccc1NC(=O)[C@H]1C(=O)N(C)C[C@@H]1c1cc(C(F)F)cs1. The van der Waals surface area contributed by atoms with Crippen molar-refractivity contribution >= 4 is 28.8 Å². The van der Waals surface area contributed by atoms with Gasteiger partial charge in [0.15, 0.2) is 0 Å². The number of likely N-dealkylation sites (tertiary alicyclic amines) is 1. The number of nitrogens with zero attached hydrogens (tertiary/aromatic N) is 1. The monoisotopic (exact) mass is 382 g/mol. The van der Waals surface area contributed by atoms with Crippen molar-refractivity contribution in [2.75, 3.05) is 18.9 Å². The molecule has 1 aliphatic heterocycles. The third-order valence-corrected chi connectivity index (χ3v) is 5.66. The highest BCUT2D eigenvalue weighted by Crippen LogP contribution is 2.38. The van der Waals surface area contributed by atoms with Gasteiger partial charge < -0.3 is 10.2 Å². The zero-order chi connectivity index (χ0) is 19.0. The third-order valence-electron chi connectivity index (χ3n) is 4.58. The molecule has 2 atom stereocenters. The fourth-order valence-electron chi connectivity index (χ4n) is 3.08. The predicted octanol–water partition coefficient (Wildman–Crippen LogP) is 3.94. The van der Waals surface area contributed by atoms with Gasteiger partial charge in [0.05, 0.1) is 0 Å². The first-order valence-corrected chi connectivity index (χ1v) is 8.85. The standard InChI is InChI=1S/C18H17F3N2O2S/c1-9-12(19)4-3-5-13(9)22-17(24)15-11(7-23(2)18(15)25)14-6-10(8-26-14)16(20)21/h3-6,8,11,15-16H,7H2,1-2H3,(H,22,24)/t11-,15+/m1/s1. The first kappa shape index (κ1) is 18.4. The number of nitrogens with one attached hydrogen (secondary N) is 1. The fourth-order valence-corrected chi connectivity index (χ4v) is 4.11. The number of thiophene rings is 1. The Labute approximate surface area is 152 Å². The Balaban J connectivity index is 1.88. The quantitative estimate of drug-likeness (QED) is 0.815. The molecule has 2 heterocycles. The fraction of sp³-hybridized carbons (Fsp3) is 0.333. The van der Waals surface area contributed by atoms with E-state index in [0.717, 1.165) is 11.3 Å². The van der Waals surface area contributed by atoms with E-state index in [0.29, 0.717) is 4.88 Å². The van der Waals surface area contributed by atoms with Crippen molar-refractivity contribution in [2.45, 2.75) is 19.3 Å². The van der Waals surface area contributed by atoms with Gasteiger partial charge in [-0.25, -0.2) is 13.2 Å². The van der Waals surface area contributed by atoms with Gasteiger partial charge in [0.25, 0.3) is 6.43 Å². The predicted molar refractivity (Wildman–Crippen MR) is 92.9 cm³/mol. The number of halogens is 3. The Kier molecular flexibility index (Phi) is 5.04. The summed E-state index contributed by atoms with van der Waals surface area (Å²) in [5.41, 5.74) is 0.440. The molecule has 138 valence electrons. The zero-order valence-corrected chi connectivity index (χ0v) is 14.9. The van der Waals surface area contributed by atoms with E-state index in [9.17, 15) is 22.8 Å². The second kappa shape index (κ2) is 7.11. The van der Waals surface area contributed by atoms with Gasteiger partial charge >= 0.3 is 0 Å². The molecule has 4 nitrogen and oxygen atoms in total. The second-order valence-corrected chi connectivity index (χ2v) is 7.23. The Hall–Kier alpha value is -2.35. The normalized spacial score (nSPS) is 20.1. The lowest BCUT2D eigenvalue weighted by Crippen LogP contribution is -2.32. The summed E-state index contributed by atoms with van der Waals surface area (Å²) >= 11 is 1.11. The Morgan fingerprint density at radius 1 is 1.38 bits per heavy atom. The lowest BCUT2D eigenvalue weighted by molar-refractivity contribution is -0.135. The largest absolute Gasteiger partial charge is 0.344 e. The van der Waals surface area contributed by atoms with Gasteiger partial charge in [-0.05, 0) is 30.5 Å². The highest BCUT2D eigenvalue weighted by Gasteiger charge is 2.45. The van der Waals surface area contributed by atoms with Crippen molar-refractivity contribution < 1.29 is 22.8 Å². The first-order valence-electron chi connectivity index (χ1n) is 7.97. The maximum Gasteiger partial charge on any atom is 0.264 e. The highest BCUT2D eigenvalue weighted by atomic mass is 32.1. The molecular formula is C18H17F3N2O2S. The van der Waals surface area contributed by atoms with Crippen LogP contribution in [0.1, 0.15) is 28.3 Å². The van der Waals surface area contributed by atoms with Crippen LogP contribution in [-0.2, 0) is 9.59 Å². The number of likely N-dealkylation sites (N-methyl/N-ethyl adjacent to an activating group) is 1. The van der Waals surface area contributed by atoms with Gasteiger partial charge in [-0.3, -0.25) is 9.59 Å². The van der Waals surface area contributed by atoms with Crippen LogP contribution in [0.15, 0.2) is 29.6 Å². The molecule has 0 spiro atoms. The molecule has 0 saturated carbocycles. The van der Waals surface area contributed by atoms with E-state index in [4.69, 9.17) is 0 Å². The van der Waals surface area contributed by atoms with Crippen LogP contribution in [0.2, 0.25) is 0 Å². The number of amides is 2. The maximum atomic E-state index is 13.7. The highest BCUT2D eigenvalue weighted by molar-refractivity contribution is 7.10. The van der Waals surface area contributed by atoms with Gasteiger partial charge in [-0.1, -0.05) is 6.07 Å². The van der Waals surface area contributed by atoms with Crippen molar-refractivity contribution in [1.29, 1.82) is 0 Å². The number of alkyl halides is 2. The topological polar surface area (TPSA) is 49.4 Å². The van der Waals surface area contributed by atoms with Gasteiger partial charge in [-0.15, -0.1) is 11.3 Å². The molecule has 3 rings (SSSR count). The lowest BCUT2D eigenvalue weighted by atomic mass is 9.92. The van der Waals surface area contributed by atoms with E-state index in [1.807, 2.05) is 0 Å². The molecule has 1 aliphatic rings. The first-order chi connectivity index (χ1) is 12.3. The van der Waals surface area contributed by atoms with Gasteiger partial charge in [-0.2, -0.15) is 0 Å². The molecule has 26 heavy (non-hydrogen) atoms. The van der Waals surface area contributed by atoms with Gasteiger partial charge in [0.1, 0.15) is 11.7 Å². The van der Waals surface area contributed by atoms with Crippen LogP contribution >= 0.6 is 11.3 Å². The molecule has 1 saturated heterocycles. The number of carbonyl (C=O) groups excluding carboxylic acids is 2. The summed E-state index contributed by atoms with van der Waals surface area (Å²) in [5, 5.41) is 3.95. The molecule has 1 N–H and O–H groups in total. The third kappa shape index (κ3) is 3.33. The molecule has 0 bridgehead atoms. The summed E-state index contributed by atoms with van der Waals surface area (Å²) in [6.07, 6.45) is -2.60. The molecule has 1 aromatic carbocycles. The van der Waals surface area contributed by atoms with E-state index < -0.39 is 30.0 Å². The van der Waals surface area contributed by atoms with Gasteiger partial charge in [0.2, 0.25) is 11.8 Å². The molecule has 2 amide bonds. The van der Waals surface area contributed by atoms with Crippen LogP contribution in [0.5, 0.6) is 0 Å². The molecule has 0 unspecified atom stereocenters. The van der Waals surface area contributed by atoms with E-state index in [-0.39, 0.29) is 29.3 Å². The van der Waals surface area contributed by atoms with E-state index >= 15 is 0 Å². The number of anilines is 1. The summed E-state index contributed by atoms with van der Waals surface area (Å²) in [7, 11) is 1.57. The number of hydrogen-bond acceptors (Lipinski definition) is 3. The molecule has 1 fully saturated rings. The Bertz CT molecular complexity index is 853. The summed E-state index contributed by atoms with van der Waals surface area (Å²) in [6.45, 7) is 1.79. The number of benzene rings is 1. The summed E-state index contributed by atoms with van der Waals surface area (Å²) in [4.78, 5) is 27.2. The minimum Gasteiger partial charge on any atom is -0.344 e. The van der Waals surface area contributed by atoms with Crippen molar-refractivity contribution in [3.8, 4) is 0 Å². The zero-order valence-electron chi connectivity index (χ0n) is 14.1. The average molecular weight is 382 g/mol. The van der Waals surface area contributed by atoms with Crippen LogP contribution < -0.4 is 5.32 Å². The Morgan fingerprint density at radius 3 is 2.77 bits per heavy atom. The van der Waals surface area contributed by atoms with Crippen LogP contribution in [-0.4, -0.2) is 30.3 Å². The molecule has 0 radical (unpaired) electrons. The van der Waals surface area contributed by atoms with Crippen molar-refractivity contribution in [3.63, 3.8) is 0 Å². The molecule has 1 aromatic heterocycles. The minimum atomic E-state index is -2.60. The Morgan fingerprint density at radius 2 is 2.12 bits per heavy atom. The molecule has 8 heteroatoms.